The summed E-state index contributed by atoms with van der Waals surface area (Å²) < 4.78 is 15.9. The van der Waals surface area contributed by atoms with E-state index in [1.54, 1.807) is 19.1 Å². The molecule has 206 valence electrons. The Morgan fingerprint density at radius 1 is 1.18 bits per heavy atom. The van der Waals surface area contributed by atoms with Gasteiger partial charge in [0.2, 0.25) is 5.91 Å². The third-order valence-electron chi connectivity index (χ3n) is 5.48. The van der Waals surface area contributed by atoms with Crippen molar-refractivity contribution in [2.75, 3.05) is 25.6 Å². The van der Waals surface area contributed by atoms with Crippen molar-refractivity contribution >= 4 is 63.8 Å². The molecule has 0 spiro atoms. The summed E-state index contributed by atoms with van der Waals surface area (Å²) in [5.41, 5.74) is 0.579. The monoisotopic (exact) mass is 585 g/mol. The summed E-state index contributed by atoms with van der Waals surface area (Å²) in [6.07, 6.45) is 1.36. The Kier molecular flexibility index (Phi) is 8.55. The van der Waals surface area contributed by atoms with Crippen molar-refractivity contribution in [1.82, 2.24) is 4.90 Å². The second-order valence-electron chi connectivity index (χ2n) is 8.07. The molecule has 4 rings (SSSR count). The van der Waals surface area contributed by atoms with Gasteiger partial charge in [-0.2, -0.15) is 0 Å². The van der Waals surface area contributed by atoms with Gasteiger partial charge in [-0.25, -0.2) is 4.79 Å². The van der Waals surface area contributed by atoms with E-state index >= 15 is 0 Å². The fourth-order valence-electron chi connectivity index (χ4n) is 3.65. The van der Waals surface area contributed by atoms with E-state index in [0.29, 0.717) is 23.1 Å². The lowest BCUT2D eigenvalue weighted by atomic mass is 10.1. The minimum Gasteiger partial charge on any atom is -0.496 e. The smallest absolute Gasteiger partial charge is 0.339 e. The Morgan fingerprint density at radius 3 is 2.65 bits per heavy atom. The van der Waals surface area contributed by atoms with Gasteiger partial charge >= 0.3 is 5.97 Å². The van der Waals surface area contributed by atoms with Crippen LogP contribution in [0.5, 0.6) is 5.75 Å². The highest BCUT2D eigenvalue weighted by molar-refractivity contribution is 8.18. The van der Waals surface area contributed by atoms with Gasteiger partial charge in [-0.15, -0.1) is 0 Å². The van der Waals surface area contributed by atoms with Crippen molar-refractivity contribution in [3.05, 3.63) is 79.9 Å². The summed E-state index contributed by atoms with van der Waals surface area (Å²) in [6.45, 7) is 1.22. The quantitative estimate of drug-likeness (QED) is 0.150. The molecule has 2 heterocycles. The second kappa shape index (κ2) is 12.1. The summed E-state index contributed by atoms with van der Waals surface area (Å²) in [5, 5.41) is 13.0. The molecule has 0 radical (unpaired) electrons. The minimum atomic E-state index is -0.695. The average Bonchev–Trinajstić information content (AvgIpc) is 3.49. The number of nitro benzene ring substituents is 1. The van der Waals surface area contributed by atoms with E-state index in [2.05, 4.69) is 5.32 Å². The molecule has 12 nitrogen and oxygen atoms in total. The zero-order valence-electron chi connectivity index (χ0n) is 21.0. The van der Waals surface area contributed by atoms with Crippen molar-refractivity contribution < 1.29 is 38.0 Å². The number of hydrogen-bond acceptors (Lipinski definition) is 10. The van der Waals surface area contributed by atoms with Crippen LogP contribution in [0.15, 0.2) is 57.9 Å². The number of benzene rings is 2. The molecule has 2 aromatic carbocycles. The minimum absolute atomic E-state index is 0.0328. The van der Waals surface area contributed by atoms with Crippen LogP contribution in [0, 0.1) is 10.1 Å². The van der Waals surface area contributed by atoms with Crippen LogP contribution in [-0.4, -0.2) is 53.1 Å². The largest absolute Gasteiger partial charge is 0.496 e. The molecule has 3 amide bonds. The number of methoxy groups -OCH3 is 1. The summed E-state index contributed by atoms with van der Waals surface area (Å²) in [7, 11) is 1.37. The first kappa shape index (κ1) is 28.4. The highest BCUT2D eigenvalue weighted by Crippen LogP contribution is 2.36. The van der Waals surface area contributed by atoms with Crippen LogP contribution in [0.1, 0.15) is 23.0 Å². The lowest BCUT2D eigenvalue weighted by molar-refractivity contribution is -0.384. The number of halogens is 1. The van der Waals surface area contributed by atoms with Crippen molar-refractivity contribution in [3.63, 3.8) is 0 Å². The normalized spacial score (nSPS) is 14.0. The molecule has 1 fully saturated rings. The molecule has 0 atom stereocenters. The van der Waals surface area contributed by atoms with E-state index in [1.807, 2.05) is 0 Å². The number of furan rings is 1. The number of thioether (sulfide) groups is 1. The van der Waals surface area contributed by atoms with Gasteiger partial charge < -0.3 is 19.2 Å². The molecule has 14 heteroatoms. The molecule has 40 heavy (non-hydrogen) atoms. The number of imide groups is 1. The van der Waals surface area contributed by atoms with Gasteiger partial charge in [0.05, 0.1) is 45.8 Å². The van der Waals surface area contributed by atoms with E-state index in [1.165, 1.54) is 49.6 Å². The van der Waals surface area contributed by atoms with E-state index < -0.39 is 34.5 Å². The van der Waals surface area contributed by atoms with E-state index in [0.717, 1.165) is 4.90 Å². The predicted molar refractivity (Wildman–Crippen MR) is 146 cm³/mol. The van der Waals surface area contributed by atoms with Crippen LogP contribution in [0.25, 0.3) is 17.4 Å². The summed E-state index contributed by atoms with van der Waals surface area (Å²) in [6, 6.07) is 11.4. The Labute approximate surface area is 236 Å². The lowest BCUT2D eigenvalue weighted by Gasteiger charge is -2.13. The van der Waals surface area contributed by atoms with Crippen LogP contribution in [0.3, 0.4) is 0 Å². The van der Waals surface area contributed by atoms with Gasteiger partial charge in [-0.05, 0) is 55.1 Å². The van der Waals surface area contributed by atoms with E-state index in [-0.39, 0.29) is 45.0 Å². The predicted octanol–water partition coefficient (Wildman–Crippen LogP) is 5.37. The van der Waals surface area contributed by atoms with Crippen LogP contribution in [0.2, 0.25) is 5.02 Å². The number of nitrogens with zero attached hydrogens (tertiary/aromatic N) is 2. The van der Waals surface area contributed by atoms with Gasteiger partial charge in [0, 0.05) is 17.8 Å². The number of carbonyl (C=O) groups excluding carboxylic acids is 4. The van der Waals surface area contributed by atoms with E-state index in [4.69, 9.17) is 25.5 Å². The van der Waals surface area contributed by atoms with Crippen LogP contribution in [0.4, 0.5) is 16.2 Å². The van der Waals surface area contributed by atoms with Crippen LogP contribution in [-0.2, 0) is 14.3 Å². The molecule has 3 aromatic rings. The molecule has 1 aromatic heterocycles. The molecule has 0 aliphatic carbocycles. The molecule has 1 aliphatic rings. The van der Waals surface area contributed by atoms with Gasteiger partial charge in [0.1, 0.15) is 23.8 Å². The number of ether oxygens (including phenoxy) is 2. The number of nitrogens with one attached hydrogen (secondary N) is 1. The Bertz CT molecular complexity index is 1570. The third-order valence-corrected chi connectivity index (χ3v) is 6.72. The number of anilines is 1. The van der Waals surface area contributed by atoms with Gasteiger partial charge in [0.25, 0.3) is 16.8 Å². The first-order valence-electron chi connectivity index (χ1n) is 11.6. The highest BCUT2D eigenvalue weighted by atomic mass is 35.5. The number of esters is 1. The standard InChI is InChI=1S/C26H20ClN3O9S/c1-3-38-25(33)18-10-14(4-8-19(18)27)28-23(31)13-29-24(32)22(40-26(29)34)12-16-6-9-20(39-16)17-7-5-15(30(35)36)11-21(17)37-2/h4-12H,3,13H2,1-2H3,(H,28,31)/b22-12+. The van der Waals surface area contributed by atoms with Crippen molar-refractivity contribution in [3.8, 4) is 17.1 Å². The second-order valence-corrected chi connectivity index (χ2v) is 9.48. The number of nitro groups is 1. The fraction of sp³-hybridized carbons (Fsp3) is 0.154. The van der Waals surface area contributed by atoms with Gasteiger partial charge in [-0.1, -0.05) is 11.6 Å². The molecule has 0 bridgehead atoms. The Morgan fingerprint density at radius 2 is 1.95 bits per heavy atom. The molecule has 1 saturated heterocycles. The number of amides is 3. The van der Waals surface area contributed by atoms with E-state index in [9.17, 15) is 29.3 Å². The maximum Gasteiger partial charge on any atom is 0.339 e. The topological polar surface area (TPSA) is 158 Å². The zero-order valence-corrected chi connectivity index (χ0v) is 22.5. The number of hydrogen-bond donors (Lipinski definition) is 1. The van der Waals surface area contributed by atoms with Crippen molar-refractivity contribution in [2.45, 2.75) is 6.92 Å². The summed E-state index contributed by atoms with van der Waals surface area (Å²) in [4.78, 5) is 61.3. The summed E-state index contributed by atoms with van der Waals surface area (Å²) in [5.74, 6) is -1.25. The third kappa shape index (κ3) is 6.16. The van der Waals surface area contributed by atoms with Gasteiger partial charge in [-0.3, -0.25) is 29.4 Å². The summed E-state index contributed by atoms with van der Waals surface area (Å²) >= 11 is 6.67. The SMILES string of the molecule is CCOC(=O)c1cc(NC(=O)CN2C(=O)S/C(=C/c3ccc(-c4ccc([N+](=O)[O-])cc4OC)o3)C2=O)ccc1Cl. The molecular formula is C26H20ClN3O9S. The van der Waals surface area contributed by atoms with Gasteiger partial charge in [0.15, 0.2) is 0 Å². The molecular weight excluding hydrogens is 566 g/mol. The zero-order chi connectivity index (χ0) is 29.0. The Balaban J connectivity index is 1.46. The molecule has 0 unspecified atom stereocenters. The first-order chi connectivity index (χ1) is 19.1. The van der Waals surface area contributed by atoms with Crippen molar-refractivity contribution in [1.29, 1.82) is 0 Å². The average molecular weight is 586 g/mol. The number of rotatable bonds is 9. The maximum absolute atomic E-state index is 12.9. The number of carbonyl (C=O) groups is 4. The van der Waals surface area contributed by atoms with Crippen LogP contribution < -0.4 is 10.1 Å². The molecule has 1 N–H and O–H groups in total. The highest BCUT2D eigenvalue weighted by Gasteiger charge is 2.36. The van der Waals surface area contributed by atoms with Crippen LogP contribution >= 0.6 is 23.4 Å². The van der Waals surface area contributed by atoms with Crippen molar-refractivity contribution in [2.24, 2.45) is 0 Å². The Hall–Kier alpha value is -4.62. The molecule has 0 saturated carbocycles. The fourth-order valence-corrected chi connectivity index (χ4v) is 4.66. The lowest BCUT2D eigenvalue weighted by Crippen LogP contribution is -2.36. The molecule has 1 aliphatic heterocycles. The first-order valence-corrected chi connectivity index (χ1v) is 12.7. The number of non-ortho nitro benzene ring substituents is 1. The maximum atomic E-state index is 12.9.